The van der Waals surface area contributed by atoms with Crippen molar-refractivity contribution in [3.05, 3.63) is 35.3 Å². The Morgan fingerprint density at radius 2 is 1.89 bits per heavy atom. The van der Waals surface area contributed by atoms with E-state index in [1.165, 1.54) is 0 Å². The van der Waals surface area contributed by atoms with Crippen molar-refractivity contribution in [1.82, 2.24) is 9.97 Å². The maximum atomic E-state index is 5.28. The number of aromatic amines is 1. The first-order valence-corrected chi connectivity index (χ1v) is 6.12. The smallest absolute Gasteiger partial charge is 0.161 e. The molecule has 1 aromatic carbocycles. The van der Waals surface area contributed by atoms with Gasteiger partial charge in [0.1, 0.15) is 11.6 Å². The molecule has 0 saturated heterocycles. The Labute approximate surface area is 113 Å². The Kier molecular flexibility index (Phi) is 3.94. The Balaban J connectivity index is 2.09. The van der Waals surface area contributed by atoms with Gasteiger partial charge < -0.3 is 19.8 Å². The van der Waals surface area contributed by atoms with E-state index in [0.29, 0.717) is 6.54 Å². The lowest BCUT2D eigenvalue weighted by Crippen LogP contribution is -2.02. The lowest BCUT2D eigenvalue weighted by Gasteiger charge is -2.10. The quantitative estimate of drug-likeness (QED) is 0.868. The first-order valence-electron chi connectivity index (χ1n) is 6.12. The Morgan fingerprint density at radius 1 is 1.16 bits per heavy atom. The summed E-state index contributed by atoms with van der Waals surface area (Å²) in [6.45, 7) is 4.62. The highest BCUT2D eigenvalue weighted by Gasteiger charge is 2.06. The minimum Gasteiger partial charge on any atom is -0.493 e. The lowest BCUT2D eigenvalue weighted by molar-refractivity contribution is 0.354. The van der Waals surface area contributed by atoms with Gasteiger partial charge in [-0.1, -0.05) is 6.07 Å². The summed E-state index contributed by atoms with van der Waals surface area (Å²) >= 11 is 0. The molecule has 2 rings (SSSR count). The van der Waals surface area contributed by atoms with Crippen molar-refractivity contribution in [3.8, 4) is 11.5 Å². The predicted molar refractivity (Wildman–Crippen MR) is 74.9 cm³/mol. The van der Waals surface area contributed by atoms with Crippen LogP contribution in [-0.2, 0) is 6.54 Å². The van der Waals surface area contributed by atoms with Crippen LogP contribution in [0.15, 0.2) is 18.2 Å². The van der Waals surface area contributed by atoms with Crippen molar-refractivity contribution >= 4 is 5.82 Å². The second kappa shape index (κ2) is 5.65. The Bertz CT molecular complexity index is 564. The van der Waals surface area contributed by atoms with Gasteiger partial charge in [0.25, 0.3) is 0 Å². The second-order valence-electron chi connectivity index (χ2n) is 4.34. The number of anilines is 1. The van der Waals surface area contributed by atoms with Crippen LogP contribution in [0, 0.1) is 13.8 Å². The average molecular weight is 261 g/mol. The van der Waals surface area contributed by atoms with E-state index in [4.69, 9.17) is 9.47 Å². The van der Waals surface area contributed by atoms with Gasteiger partial charge in [-0.2, -0.15) is 0 Å². The standard InChI is InChI=1S/C14H19N3O2/c1-9-14(17-10(2)16-9)15-8-11-5-6-12(18-3)13(7-11)19-4/h5-7,15H,8H2,1-4H3,(H,16,17). The van der Waals surface area contributed by atoms with E-state index in [-0.39, 0.29) is 0 Å². The number of methoxy groups -OCH3 is 2. The van der Waals surface area contributed by atoms with Crippen LogP contribution in [0.25, 0.3) is 0 Å². The van der Waals surface area contributed by atoms with Crippen LogP contribution in [0.2, 0.25) is 0 Å². The number of ether oxygens (including phenoxy) is 2. The minimum atomic E-state index is 0.686. The molecule has 0 fully saturated rings. The molecular weight excluding hydrogens is 242 g/mol. The molecule has 5 heteroatoms. The fourth-order valence-electron chi connectivity index (χ4n) is 1.96. The first kappa shape index (κ1) is 13.3. The first-order chi connectivity index (χ1) is 9.13. The number of hydrogen-bond acceptors (Lipinski definition) is 4. The van der Waals surface area contributed by atoms with Crippen LogP contribution >= 0.6 is 0 Å². The van der Waals surface area contributed by atoms with E-state index in [0.717, 1.165) is 34.4 Å². The highest BCUT2D eigenvalue weighted by molar-refractivity contribution is 5.45. The monoisotopic (exact) mass is 261 g/mol. The predicted octanol–water partition coefficient (Wildman–Crippen LogP) is 2.66. The van der Waals surface area contributed by atoms with E-state index in [1.807, 2.05) is 32.0 Å². The highest BCUT2D eigenvalue weighted by atomic mass is 16.5. The number of nitrogens with zero attached hydrogens (tertiary/aromatic N) is 1. The maximum Gasteiger partial charge on any atom is 0.161 e. The van der Waals surface area contributed by atoms with Crippen molar-refractivity contribution in [1.29, 1.82) is 0 Å². The molecule has 2 aromatic rings. The van der Waals surface area contributed by atoms with Gasteiger partial charge in [-0.3, -0.25) is 0 Å². The average Bonchev–Trinajstić information content (AvgIpc) is 2.74. The van der Waals surface area contributed by atoms with E-state index < -0.39 is 0 Å². The molecule has 1 aromatic heterocycles. The van der Waals surface area contributed by atoms with Gasteiger partial charge in [0.15, 0.2) is 11.5 Å². The maximum absolute atomic E-state index is 5.28. The fourth-order valence-corrected chi connectivity index (χ4v) is 1.96. The van der Waals surface area contributed by atoms with E-state index in [2.05, 4.69) is 15.3 Å². The summed E-state index contributed by atoms with van der Waals surface area (Å²) in [4.78, 5) is 7.55. The van der Waals surface area contributed by atoms with Gasteiger partial charge in [0.2, 0.25) is 0 Å². The zero-order chi connectivity index (χ0) is 13.8. The van der Waals surface area contributed by atoms with Crippen molar-refractivity contribution in [2.45, 2.75) is 20.4 Å². The van der Waals surface area contributed by atoms with Gasteiger partial charge in [0.05, 0.1) is 19.9 Å². The van der Waals surface area contributed by atoms with Crippen LogP contribution in [-0.4, -0.2) is 24.2 Å². The molecule has 0 unspecified atom stereocenters. The second-order valence-corrected chi connectivity index (χ2v) is 4.34. The van der Waals surface area contributed by atoms with Gasteiger partial charge in [-0.05, 0) is 31.5 Å². The zero-order valence-electron chi connectivity index (χ0n) is 11.7. The number of benzene rings is 1. The normalized spacial score (nSPS) is 10.3. The summed E-state index contributed by atoms with van der Waals surface area (Å²) in [6.07, 6.45) is 0. The number of rotatable bonds is 5. The molecule has 0 saturated carbocycles. The van der Waals surface area contributed by atoms with Crippen LogP contribution in [0.3, 0.4) is 0 Å². The minimum absolute atomic E-state index is 0.686. The van der Waals surface area contributed by atoms with E-state index in [1.54, 1.807) is 14.2 Å². The number of nitrogens with one attached hydrogen (secondary N) is 2. The summed E-state index contributed by atoms with van der Waals surface area (Å²) in [5.41, 5.74) is 2.15. The topological polar surface area (TPSA) is 59.2 Å². The molecule has 19 heavy (non-hydrogen) atoms. The molecule has 0 aliphatic rings. The van der Waals surface area contributed by atoms with E-state index in [9.17, 15) is 0 Å². The summed E-state index contributed by atoms with van der Waals surface area (Å²) < 4.78 is 10.5. The summed E-state index contributed by atoms with van der Waals surface area (Å²) in [7, 11) is 3.27. The molecule has 0 radical (unpaired) electrons. The van der Waals surface area contributed by atoms with Crippen molar-refractivity contribution in [2.75, 3.05) is 19.5 Å². The molecule has 0 aliphatic heterocycles. The van der Waals surface area contributed by atoms with Gasteiger partial charge in [-0.25, -0.2) is 4.98 Å². The van der Waals surface area contributed by atoms with Gasteiger partial charge in [0, 0.05) is 6.54 Å². The number of H-pyrrole nitrogens is 1. The Morgan fingerprint density at radius 3 is 2.47 bits per heavy atom. The third-order valence-corrected chi connectivity index (χ3v) is 2.91. The largest absolute Gasteiger partial charge is 0.493 e. The van der Waals surface area contributed by atoms with Crippen molar-refractivity contribution < 1.29 is 9.47 Å². The molecule has 0 aliphatic carbocycles. The summed E-state index contributed by atoms with van der Waals surface area (Å²) in [5, 5.41) is 3.30. The van der Waals surface area contributed by atoms with Crippen molar-refractivity contribution in [2.24, 2.45) is 0 Å². The molecule has 0 spiro atoms. The highest BCUT2D eigenvalue weighted by Crippen LogP contribution is 2.27. The number of imidazole rings is 1. The van der Waals surface area contributed by atoms with Crippen LogP contribution in [0.5, 0.6) is 11.5 Å². The SMILES string of the molecule is COc1ccc(CNc2nc(C)[nH]c2C)cc1OC. The number of aryl methyl sites for hydroxylation is 2. The van der Waals surface area contributed by atoms with Gasteiger partial charge >= 0.3 is 0 Å². The summed E-state index contributed by atoms with van der Waals surface area (Å²) in [6, 6.07) is 5.86. The molecule has 102 valence electrons. The molecule has 0 amide bonds. The van der Waals surface area contributed by atoms with Crippen LogP contribution in [0.4, 0.5) is 5.82 Å². The van der Waals surface area contributed by atoms with Crippen LogP contribution in [0.1, 0.15) is 17.1 Å². The number of aromatic nitrogens is 2. The van der Waals surface area contributed by atoms with Crippen LogP contribution < -0.4 is 14.8 Å². The molecule has 5 nitrogen and oxygen atoms in total. The van der Waals surface area contributed by atoms with E-state index >= 15 is 0 Å². The molecule has 2 N–H and O–H groups in total. The molecule has 0 bridgehead atoms. The number of hydrogen-bond donors (Lipinski definition) is 2. The lowest BCUT2D eigenvalue weighted by atomic mass is 10.2. The summed E-state index contributed by atoms with van der Waals surface area (Å²) in [5.74, 6) is 3.26. The van der Waals surface area contributed by atoms with Crippen molar-refractivity contribution in [3.63, 3.8) is 0 Å². The molecular formula is C14H19N3O2. The third kappa shape index (κ3) is 2.99. The zero-order valence-corrected chi connectivity index (χ0v) is 11.7. The van der Waals surface area contributed by atoms with Gasteiger partial charge in [-0.15, -0.1) is 0 Å². The third-order valence-electron chi connectivity index (χ3n) is 2.91. The Hall–Kier alpha value is -2.17. The fraction of sp³-hybridized carbons (Fsp3) is 0.357. The molecule has 1 heterocycles. The molecule has 0 atom stereocenters.